The SMILES string of the molecule is CCC(NC(=O)/C(C#N)=C\Nc1ccc(C(C)C)cc1)c1ccc2c(c1)CCCC2. The van der Waals surface area contributed by atoms with Crippen molar-refractivity contribution in [3.63, 3.8) is 0 Å². The second-order valence-corrected chi connectivity index (χ2v) is 8.26. The molecule has 0 saturated heterocycles. The largest absolute Gasteiger partial charge is 0.360 e. The van der Waals surface area contributed by atoms with Crippen LogP contribution in [0.5, 0.6) is 0 Å². The van der Waals surface area contributed by atoms with Crippen LogP contribution in [0.4, 0.5) is 5.69 Å². The van der Waals surface area contributed by atoms with Crippen LogP contribution in [0, 0.1) is 11.3 Å². The summed E-state index contributed by atoms with van der Waals surface area (Å²) < 4.78 is 0. The summed E-state index contributed by atoms with van der Waals surface area (Å²) in [6.45, 7) is 6.34. The topological polar surface area (TPSA) is 64.9 Å². The molecule has 30 heavy (non-hydrogen) atoms. The molecule has 1 aliphatic rings. The van der Waals surface area contributed by atoms with Crippen LogP contribution in [0.25, 0.3) is 0 Å². The first-order valence-corrected chi connectivity index (χ1v) is 10.9. The minimum Gasteiger partial charge on any atom is -0.360 e. The molecule has 156 valence electrons. The van der Waals surface area contributed by atoms with E-state index in [2.05, 4.69) is 61.7 Å². The fourth-order valence-electron chi connectivity index (χ4n) is 3.90. The van der Waals surface area contributed by atoms with Crippen molar-refractivity contribution in [3.8, 4) is 6.07 Å². The monoisotopic (exact) mass is 401 g/mol. The Hall–Kier alpha value is -3.06. The Morgan fingerprint density at radius 1 is 1.07 bits per heavy atom. The predicted octanol–water partition coefficient (Wildman–Crippen LogP) is 5.78. The maximum absolute atomic E-state index is 12.7. The molecule has 2 aromatic carbocycles. The quantitative estimate of drug-likeness (QED) is 0.457. The lowest BCUT2D eigenvalue weighted by Gasteiger charge is -2.21. The zero-order valence-electron chi connectivity index (χ0n) is 18.2. The highest BCUT2D eigenvalue weighted by Crippen LogP contribution is 2.26. The molecule has 1 amide bonds. The number of carbonyl (C=O) groups excluding carboxylic acids is 1. The van der Waals surface area contributed by atoms with Crippen molar-refractivity contribution in [2.75, 3.05) is 5.32 Å². The number of nitriles is 1. The fraction of sp³-hybridized carbons (Fsp3) is 0.385. The van der Waals surface area contributed by atoms with Gasteiger partial charge in [-0.1, -0.05) is 51.1 Å². The molecule has 0 radical (unpaired) electrons. The number of nitrogens with zero attached hydrogens (tertiary/aromatic N) is 1. The van der Waals surface area contributed by atoms with Gasteiger partial charge in [-0.25, -0.2) is 0 Å². The summed E-state index contributed by atoms with van der Waals surface area (Å²) in [7, 11) is 0. The van der Waals surface area contributed by atoms with E-state index >= 15 is 0 Å². The second-order valence-electron chi connectivity index (χ2n) is 8.26. The first-order chi connectivity index (χ1) is 14.5. The van der Waals surface area contributed by atoms with E-state index in [0.29, 0.717) is 5.92 Å². The average Bonchev–Trinajstić information content (AvgIpc) is 2.77. The standard InChI is InChI=1S/C26H31N3O/c1-4-25(22-10-9-20-7-5-6-8-21(20)15-22)29-26(30)23(16-27)17-28-24-13-11-19(12-14-24)18(2)3/h9-15,17-18,25,28H,4-8H2,1-3H3,(H,29,30)/b23-17-. The number of hydrogen-bond acceptors (Lipinski definition) is 3. The molecule has 0 aliphatic heterocycles. The lowest BCUT2D eigenvalue weighted by Crippen LogP contribution is -2.29. The van der Waals surface area contributed by atoms with Crippen molar-refractivity contribution < 1.29 is 4.79 Å². The molecule has 2 aromatic rings. The lowest BCUT2D eigenvalue weighted by molar-refractivity contribution is -0.117. The van der Waals surface area contributed by atoms with E-state index in [-0.39, 0.29) is 17.5 Å². The van der Waals surface area contributed by atoms with Crippen LogP contribution < -0.4 is 10.6 Å². The third-order valence-corrected chi connectivity index (χ3v) is 5.81. The van der Waals surface area contributed by atoms with Gasteiger partial charge in [0.15, 0.2) is 0 Å². The predicted molar refractivity (Wildman–Crippen MR) is 122 cm³/mol. The lowest BCUT2D eigenvalue weighted by atomic mass is 9.88. The van der Waals surface area contributed by atoms with Crippen LogP contribution >= 0.6 is 0 Å². The van der Waals surface area contributed by atoms with Crippen LogP contribution in [0.3, 0.4) is 0 Å². The molecule has 1 aliphatic carbocycles. The molecule has 0 spiro atoms. The van der Waals surface area contributed by atoms with Crippen LogP contribution in [-0.2, 0) is 17.6 Å². The first-order valence-electron chi connectivity index (χ1n) is 10.9. The van der Waals surface area contributed by atoms with Gasteiger partial charge in [0, 0.05) is 11.9 Å². The van der Waals surface area contributed by atoms with Gasteiger partial charge >= 0.3 is 0 Å². The highest BCUT2D eigenvalue weighted by atomic mass is 16.1. The normalized spacial score (nSPS) is 14.6. The van der Waals surface area contributed by atoms with E-state index in [0.717, 1.165) is 30.5 Å². The maximum atomic E-state index is 12.7. The Balaban J connectivity index is 1.68. The van der Waals surface area contributed by atoms with Crippen molar-refractivity contribution >= 4 is 11.6 Å². The maximum Gasteiger partial charge on any atom is 0.263 e. The van der Waals surface area contributed by atoms with Gasteiger partial charge < -0.3 is 10.6 Å². The fourth-order valence-corrected chi connectivity index (χ4v) is 3.90. The van der Waals surface area contributed by atoms with Gasteiger partial charge in [0.1, 0.15) is 11.6 Å². The van der Waals surface area contributed by atoms with E-state index in [1.54, 1.807) is 0 Å². The zero-order chi connectivity index (χ0) is 21.5. The van der Waals surface area contributed by atoms with E-state index in [4.69, 9.17) is 0 Å². The minimum absolute atomic E-state index is 0.0688. The summed E-state index contributed by atoms with van der Waals surface area (Å²) >= 11 is 0. The van der Waals surface area contributed by atoms with E-state index < -0.39 is 0 Å². The number of aryl methyl sites for hydroxylation is 2. The van der Waals surface area contributed by atoms with Crippen molar-refractivity contribution in [3.05, 3.63) is 76.5 Å². The molecule has 2 N–H and O–H groups in total. The van der Waals surface area contributed by atoms with Crippen molar-refractivity contribution in [2.24, 2.45) is 0 Å². The first kappa shape index (κ1) is 21.6. The molecule has 3 rings (SSSR count). The summed E-state index contributed by atoms with van der Waals surface area (Å²) in [6, 6.07) is 16.5. The van der Waals surface area contributed by atoms with Gasteiger partial charge in [0.25, 0.3) is 5.91 Å². The molecule has 1 unspecified atom stereocenters. The van der Waals surface area contributed by atoms with Crippen molar-refractivity contribution in [2.45, 2.75) is 64.8 Å². The second kappa shape index (κ2) is 10.1. The van der Waals surface area contributed by atoms with Gasteiger partial charge in [0.2, 0.25) is 0 Å². The van der Waals surface area contributed by atoms with E-state index in [9.17, 15) is 10.1 Å². The molecule has 4 heteroatoms. The molecule has 0 fully saturated rings. The van der Waals surface area contributed by atoms with E-state index in [1.807, 2.05) is 18.2 Å². The Bertz CT molecular complexity index is 951. The summed E-state index contributed by atoms with van der Waals surface area (Å²) in [4.78, 5) is 12.7. The van der Waals surface area contributed by atoms with Gasteiger partial charge in [0.05, 0.1) is 6.04 Å². The van der Waals surface area contributed by atoms with Gasteiger partial charge in [-0.3, -0.25) is 4.79 Å². The van der Waals surface area contributed by atoms with Gasteiger partial charge in [-0.2, -0.15) is 5.26 Å². The summed E-state index contributed by atoms with van der Waals surface area (Å²) in [5, 5.41) is 15.6. The number of carbonyl (C=O) groups is 1. The van der Waals surface area contributed by atoms with Crippen molar-refractivity contribution in [1.82, 2.24) is 5.32 Å². The average molecular weight is 402 g/mol. The molecular weight excluding hydrogens is 370 g/mol. The van der Waals surface area contributed by atoms with Gasteiger partial charge in [-0.15, -0.1) is 0 Å². The van der Waals surface area contributed by atoms with Crippen LogP contribution in [0.15, 0.2) is 54.2 Å². The number of hydrogen-bond donors (Lipinski definition) is 2. The number of benzene rings is 2. The molecule has 4 nitrogen and oxygen atoms in total. The third-order valence-electron chi connectivity index (χ3n) is 5.81. The molecule has 1 atom stereocenters. The number of fused-ring (bicyclic) bond motifs is 1. The molecular formula is C26H31N3O. The Morgan fingerprint density at radius 2 is 1.73 bits per heavy atom. The van der Waals surface area contributed by atoms with Crippen LogP contribution in [0.1, 0.15) is 74.2 Å². The Kier molecular flexibility index (Phi) is 7.30. The summed E-state index contributed by atoms with van der Waals surface area (Å²) in [6.07, 6.45) is 6.99. The summed E-state index contributed by atoms with van der Waals surface area (Å²) in [5.41, 5.74) is 6.10. The Labute approximate surface area is 180 Å². The minimum atomic E-state index is -0.353. The smallest absolute Gasteiger partial charge is 0.263 e. The van der Waals surface area contributed by atoms with Crippen LogP contribution in [-0.4, -0.2) is 5.91 Å². The molecule has 0 bridgehead atoms. The number of amides is 1. The van der Waals surface area contributed by atoms with Crippen LogP contribution in [0.2, 0.25) is 0 Å². The molecule has 0 saturated carbocycles. The number of anilines is 1. The molecule has 0 aromatic heterocycles. The highest BCUT2D eigenvalue weighted by molar-refractivity contribution is 5.97. The van der Waals surface area contributed by atoms with E-state index in [1.165, 1.54) is 35.7 Å². The number of rotatable bonds is 7. The summed E-state index contributed by atoms with van der Waals surface area (Å²) in [5.74, 6) is 0.109. The molecule has 0 heterocycles. The van der Waals surface area contributed by atoms with Gasteiger partial charge in [-0.05, 0) is 72.4 Å². The Morgan fingerprint density at radius 3 is 2.37 bits per heavy atom. The highest BCUT2D eigenvalue weighted by Gasteiger charge is 2.18. The number of nitrogens with one attached hydrogen (secondary N) is 2. The zero-order valence-corrected chi connectivity index (χ0v) is 18.2. The van der Waals surface area contributed by atoms with Crippen molar-refractivity contribution in [1.29, 1.82) is 5.26 Å². The third kappa shape index (κ3) is 5.30.